The number of rotatable bonds is 19. The van der Waals surface area contributed by atoms with Gasteiger partial charge in [-0.05, 0) is 66.5 Å². The highest BCUT2D eigenvalue weighted by Gasteiger charge is 2.32. The van der Waals surface area contributed by atoms with E-state index in [1.54, 1.807) is 24.3 Å². The van der Waals surface area contributed by atoms with Crippen molar-refractivity contribution in [3.8, 4) is 5.75 Å². The van der Waals surface area contributed by atoms with Crippen LogP contribution in [0.5, 0.6) is 5.75 Å². The van der Waals surface area contributed by atoms with E-state index in [0.29, 0.717) is 18.4 Å². The maximum absolute atomic E-state index is 12.7. The quantitative estimate of drug-likeness (QED) is 0.143. The Hall–Kier alpha value is -1.51. The van der Waals surface area contributed by atoms with Crippen LogP contribution in [0, 0.1) is 22.7 Å². The fourth-order valence-electron chi connectivity index (χ4n) is 5.53. The first-order valence-electron chi connectivity index (χ1n) is 15.8. The van der Waals surface area contributed by atoms with Gasteiger partial charge in [0.05, 0.1) is 12.5 Å². The third kappa shape index (κ3) is 14.6. The molecule has 220 valence electrons. The van der Waals surface area contributed by atoms with E-state index in [-0.39, 0.29) is 28.5 Å². The summed E-state index contributed by atoms with van der Waals surface area (Å²) in [5.74, 6) is 0.890. The Morgan fingerprint density at radius 1 is 0.737 bits per heavy atom. The van der Waals surface area contributed by atoms with Gasteiger partial charge in [-0.25, -0.2) is 0 Å². The zero-order valence-corrected chi connectivity index (χ0v) is 26.4. The van der Waals surface area contributed by atoms with Gasteiger partial charge in [0.15, 0.2) is 0 Å². The first-order valence-corrected chi connectivity index (χ1v) is 15.8. The van der Waals surface area contributed by atoms with Crippen LogP contribution in [0.3, 0.4) is 0 Å². The number of carbonyl (C=O) groups excluding carboxylic acids is 1. The predicted octanol–water partition coefficient (Wildman–Crippen LogP) is 10.8. The Bertz CT molecular complexity index is 738. The molecule has 0 radical (unpaired) electrons. The number of phenolic OH excluding ortho intramolecular Hbond substituents is 1. The van der Waals surface area contributed by atoms with Gasteiger partial charge in [-0.15, -0.1) is 0 Å². The molecule has 3 nitrogen and oxygen atoms in total. The van der Waals surface area contributed by atoms with Gasteiger partial charge in [-0.2, -0.15) is 0 Å². The third-order valence-corrected chi connectivity index (χ3v) is 8.63. The number of ether oxygens (including phenoxy) is 1. The minimum atomic E-state index is -0.327. The van der Waals surface area contributed by atoms with Gasteiger partial charge in [-0.1, -0.05) is 131 Å². The van der Waals surface area contributed by atoms with Crippen molar-refractivity contribution >= 4 is 5.97 Å². The van der Waals surface area contributed by atoms with E-state index >= 15 is 0 Å². The minimum absolute atomic E-state index is 0.176. The molecule has 38 heavy (non-hydrogen) atoms. The largest absolute Gasteiger partial charge is 0.508 e. The van der Waals surface area contributed by atoms with Gasteiger partial charge < -0.3 is 9.84 Å². The average molecular weight is 531 g/mol. The van der Waals surface area contributed by atoms with Crippen molar-refractivity contribution in [3.63, 3.8) is 0 Å². The van der Waals surface area contributed by atoms with Crippen molar-refractivity contribution in [3.05, 3.63) is 29.8 Å². The summed E-state index contributed by atoms with van der Waals surface area (Å²) in [5, 5.41) is 9.51. The summed E-state index contributed by atoms with van der Waals surface area (Å²) in [6.45, 7) is 18.8. The molecule has 3 heteroatoms. The molecule has 0 fully saturated rings. The molecule has 3 atom stereocenters. The molecule has 0 aromatic heterocycles. The van der Waals surface area contributed by atoms with E-state index in [0.717, 1.165) is 12.0 Å². The van der Waals surface area contributed by atoms with Crippen LogP contribution >= 0.6 is 0 Å². The van der Waals surface area contributed by atoms with Crippen LogP contribution in [0.2, 0.25) is 0 Å². The second-order valence-electron chi connectivity index (χ2n) is 14.0. The Kier molecular flexibility index (Phi) is 16.3. The van der Waals surface area contributed by atoms with E-state index < -0.39 is 0 Å². The molecule has 1 N–H and O–H groups in total. The highest BCUT2D eigenvalue weighted by Crippen LogP contribution is 2.42. The van der Waals surface area contributed by atoms with E-state index in [4.69, 9.17) is 4.74 Å². The lowest BCUT2D eigenvalue weighted by atomic mass is 9.67. The van der Waals surface area contributed by atoms with Crippen molar-refractivity contribution < 1.29 is 14.6 Å². The molecule has 0 saturated carbocycles. The Balaban J connectivity index is 2.48. The van der Waals surface area contributed by atoms with Crippen LogP contribution < -0.4 is 0 Å². The van der Waals surface area contributed by atoms with E-state index in [1.807, 2.05) is 6.92 Å². The Morgan fingerprint density at radius 3 is 1.66 bits per heavy atom. The molecule has 0 saturated heterocycles. The van der Waals surface area contributed by atoms with Gasteiger partial charge in [0, 0.05) is 0 Å². The number of phenols is 1. The fourth-order valence-corrected chi connectivity index (χ4v) is 5.53. The number of benzene rings is 1. The fraction of sp³-hybridized carbons (Fsp3) is 0.800. The molecule has 3 unspecified atom stereocenters. The molecule has 1 aromatic carbocycles. The smallest absolute Gasteiger partial charge is 0.313 e. The van der Waals surface area contributed by atoms with E-state index in [1.165, 1.54) is 83.5 Å². The monoisotopic (exact) mass is 530 g/mol. The number of hydrogen-bond acceptors (Lipinski definition) is 3. The molecule has 0 amide bonds. The summed E-state index contributed by atoms with van der Waals surface area (Å²) >= 11 is 0. The minimum Gasteiger partial charge on any atom is -0.508 e. The second-order valence-corrected chi connectivity index (χ2v) is 14.0. The zero-order chi connectivity index (χ0) is 28.6. The molecular formula is C35H62O3. The van der Waals surface area contributed by atoms with Crippen molar-refractivity contribution in [1.29, 1.82) is 0 Å². The summed E-state index contributed by atoms with van der Waals surface area (Å²) in [6.07, 6.45) is 18.7. The normalized spacial score (nSPS) is 14.7. The number of carbonyl (C=O) groups is 1. The highest BCUT2D eigenvalue weighted by atomic mass is 16.5. The molecule has 0 heterocycles. The summed E-state index contributed by atoms with van der Waals surface area (Å²) in [6, 6.07) is 6.83. The highest BCUT2D eigenvalue weighted by molar-refractivity contribution is 5.77. The molecule has 0 aliphatic heterocycles. The number of hydrogen-bond donors (Lipinski definition) is 1. The summed E-state index contributed by atoms with van der Waals surface area (Å²) in [7, 11) is 0. The Labute approximate surface area is 236 Å². The van der Waals surface area contributed by atoms with Crippen LogP contribution in [0.1, 0.15) is 157 Å². The lowest BCUT2D eigenvalue weighted by Gasteiger charge is -2.39. The molecule has 1 rings (SSSR count). The second kappa shape index (κ2) is 18.0. The van der Waals surface area contributed by atoms with E-state index in [2.05, 4.69) is 48.5 Å². The number of unbranched alkanes of at least 4 members (excludes halogenated alkanes) is 10. The van der Waals surface area contributed by atoms with Gasteiger partial charge in [-0.3, -0.25) is 4.79 Å². The summed E-state index contributed by atoms with van der Waals surface area (Å²) < 4.78 is 5.75. The zero-order valence-electron chi connectivity index (χ0n) is 26.4. The van der Waals surface area contributed by atoms with Gasteiger partial charge in [0.25, 0.3) is 0 Å². The average Bonchev–Trinajstić information content (AvgIpc) is 2.84. The SMILES string of the molecule is CCCCCCCCCCCCCC(CC(CCOC(=O)C(C)c1ccc(O)cc1)C(C)(C)C)C(C)(C)C. The van der Waals surface area contributed by atoms with Crippen LogP contribution in [0.4, 0.5) is 0 Å². The Morgan fingerprint density at radius 2 is 1.18 bits per heavy atom. The molecule has 1 aromatic rings. The van der Waals surface area contributed by atoms with Crippen LogP contribution in [-0.2, 0) is 9.53 Å². The first kappa shape index (κ1) is 34.5. The predicted molar refractivity (Wildman–Crippen MR) is 164 cm³/mol. The topological polar surface area (TPSA) is 46.5 Å². The molecule has 0 bridgehead atoms. The lowest BCUT2D eigenvalue weighted by Crippen LogP contribution is -2.30. The molecule has 0 spiro atoms. The van der Waals surface area contributed by atoms with Crippen molar-refractivity contribution in [2.75, 3.05) is 6.61 Å². The summed E-state index contributed by atoms with van der Waals surface area (Å²) in [4.78, 5) is 12.7. The maximum Gasteiger partial charge on any atom is 0.313 e. The molecular weight excluding hydrogens is 468 g/mol. The van der Waals surface area contributed by atoms with Crippen LogP contribution in [-0.4, -0.2) is 17.7 Å². The summed E-state index contributed by atoms with van der Waals surface area (Å²) in [5.41, 5.74) is 1.33. The van der Waals surface area contributed by atoms with Crippen molar-refractivity contribution in [1.82, 2.24) is 0 Å². The van der Waals surface area contributed by atoms with Crippen LogP contribution in [0.25, 0.3) is 0 Å². The van der Waals surface area contributed by atoms with Crippen LogP contribution in [0.15, 0.2) is 24.3 Å². The first-order chi connectivity index (χ1) is 17.9. The molecule has 0 aliphatic carbocycles. The van der Waals surface area contributed by atoms with Gasteiger partial charge in [0.1, 0.15) is 5.75 Å². The van der Waals surface area contributed by atoms with Gasteiger partial charge >= 0.3 is 5.97 Å². The lowest BCUT2D eigenvalue weighted by molar-refractivity contribution is -0.145. The third-order valence-electron chi connectivity index (χ3n) is 8.63. The number of aromatic hydroxyl groups is 1. The number of esters is 1. The van der Waals surface area contributed by atoms with Gasteiger partial charge in [0.2, 0.25) is 0 Å². The van der Waals surface area contributed by atoms with Crippen molar-refractivity contribution in [2.24, 2.45) is 22.7 Å². The molecule has 0 aliphatic rings. The maximum atomic E-state index is 12.7. The van der Waals surface area contributed by atoms with E-state index in [9.17, 15) is 9.90 Å². The standard InChI is InChI=1S/C35H62O3/c1-9-10-11-12-13-14-15-16-17-18-19-20-30(34(3,4)5)27-31(35(6,7)8)25-26-38-33(37)28(2)29-21-23-32(36)24-22-29/h21-24,28,30-31,36H,9-20,25-27H2,1-8H3. The van der Waals surface area contributed by atoms with Crippen molar-refractivity contribution in [2.45, 2.75) is 151 Å².